The molecule has 142 valence electrons. The molecule has 0 aliphatic heterocycles. The molecule has 8 nitrogen and oxygen atoms in total. The molecule has 0 spiro atoms. The minimum absolute atomic E-state index is 0.0659. The largest absolute Gasteiger partial charge is 0.445 e. The van der Waals surface area contributed by atoms with Crippen LogP contribution in [-0.4, -0.2) is 54.6 Å². The van der Waals surface area contributed by atoms with Crippen molar-refractivity contribution in [1.29, 1.82) is 0 Å². The third-order valence-corrected chi connectivity index (χ3v) is 3.55. The summed E-state index contributed by atoms with van der Waals surface area (Å²) in [6, 6.07) is 0.132. The van der Waals surface area contributed by atoms with Crippen LogP contribution in [0, 0.1) is 0 Å². The number of nitrogens with zero attached hydrogens (tertiary/aromatic N) is 1. The topological polar surface area (TPSA) is 106 Å². The van der Waals surface area contributed by atoms with E-state index in [0.717, 1.165) is 12.8 Å². The van der Waals surface area contributed by atoms with Crippen molar-refractivity contribution < 1.29 is 19.1 Å². The Hall–Kier alpha value is -1.54. The molecular weight excluding hydrogens is 312 g/mol. The molecule has 0 saturated carbocycles. The third kappa shape index (κ3) is 11.1. The lowest BCUT2D eigenvalue weighted by Crippen LogP contribution is -2.45. The highest BCUT2D eigenvalue weighted by Gasteiger charge is 2.17. The molecule has 4 N–H and O–H groups in total. The van der Waals surface area contributed by atoms with Gasteiger partial charge in [-0.05, 0) is 40.5 Å². The van der Waals surface area contributed by atoms with Gasteiger partial charge in [-0.15, -0.1) is 0 Å². The van der Waals surface area contributed by atoms with Crippen molar-refractivity contribution in [1.82, 2.24) is 15.6 Å². The van der Waals surface area contributed by atoms with E-state index in [1.807, 2.05) is 27.7 Å². The SMILES string of the molecule is CCC(C)NC(=O)OC(C)CN(N)CC(C)OC(=O)NC(C)CC. The minimum Gasteiger partial charge on any atom is -0.445 e. The first-order valence-electron chi connectivity index (χ1n) is 8.61. The van der Waals surface area contributed by atoms with Crippen molar-refractivity contribution in [3.63, 3.8) is 0 Å². The maximum absolute atomic E-state index is 11.6. The van der Waals surface area contributed by atoms with Crippen molar-refractivity contribution in [2.45, 2.75) is 78.7 Å². The zero-order chi connectivity index (χ0) is 18.7. The smallest absolute Gasteiger partial charge is 0.407 e. The van der Waals surface area contributed by atoms with Gasteiger partial charge in [0.25, 0.3) is 0 Å². The van der Waals surface area contributed by atoms with E-state index in [2.05, 4.69) is 10.6 Å². The summed E-state index contributed by atoms with van der Waals surface area (Å²) in [5, 5.41) is 6.93. The summed E-state index contributed by atoms with van der Waals surface area (Å²) in [5.41, 5.74) is 0. The van der Waals surface area contributed by atoms with Crippen molar-refractivity contribution in [2.24, 2.45) is 5.84 Å². The summed E-state index contributed by atoms with van der Waals surface area (Å²) >= 11 is 0. The molecule has 0 radical (unpaired) electrons. The molecule has 0 heterocycles. The molecule has 8 heteroatoms. The van der Waals surface area contributed by atoms with Crippen LogP contribution in [0.15, 0.2) is 0 Å². The molecule has 0 aliphatic rings. The Morgan fingerprint density at radius 2 is 1.21 bits per heavy atom. The van der Waals surface area contributed by atoms with Crippen molar-refractivity contribution in [3.8, 4) is 0 Å². The molecule has 2 amide bonds. The predicted octanol–water partition coefficient (Wildman–Crippen LogP) is 1.99. The first-order valence-corrected chi connectivity index (χ1v) is 8.61. The quantitative estimate of drug-likeness (QED) is 0.413. The van der Waals surface area contributed by atoms with Gasteiger partial charge in [0.15, 0.2) is 0 Å². The Bertz CT molecular complexity index is 347. The Labute approximate surface area is 145 Å². The normalized spacial score (nSPS) is 16.0. The highest BCUT2D eigenvalue weighted by Crippen LogP contribution is 2.00. The van der Waals surface area contributed by atoms with E-state index in [9.17, 15) is 9.59 Å². The van der Waals surface area contributed by atoms with Gasteiger partial charge in [-0.25, -0.2) is 14.6 Å². The van der Waals surface area contributed by atoms with Crippen LogP contribution in [-0.2, 0) is 9.47 Å². The summed E-state index contributed by atoms with van der Waals surface area (Å²) < 4.78 is 10.5. The van der Waals surface area contributed by atoms with Gasteiger partial charge in [0.1, 0.15) is 12.2 Å². The van der Waals surface area contributed by atoms with Gasteiger partial charge in [-0.3, -0.25) is 5.84 Å². The number of hydrazine groups is 1. The lowest BCUT2D eigenvalue weighted by molar-refractivity contribution is 0.0493. The second-order valence-electron chi connectivity index (χ2n) is 6.29. The number of ether oxygens (including phenoxy) is 2. The summed E-state index contributed by atoms with van der Waals surface area (Å²) in [5.74, 6) is 5.89. The van der Waals surface area contributed by atoms with Crippen LogP contribution in [0.3, 0.4) is 0 Å². The van der Waals surface area contributed by atoms with Crippen LogP contribution >= 0.6 is 0 Å². The lowest BCUT2D eigenvalue weighted by Gasteiger charge is -2.25. The van der Waals surface area contributed by atoms with Gasteiger partial charge in [0.2, 0.25) is 0 Å². The van der Waals surface area contributed by atoms with E-state index in [-0.39, 0.29) is 24.3 Å². The number of rotatable bonds is 10. The van der Waals surface area contributed by atoms with Crippen LogP contribution < -0.4 is 16.5 Å². The summed E-state index contributed by atoms with van der Waals surface area (Å²) in [6.45, 7) is 12.0. The lowest BCUT2D eigenvalue weighted by atomic mass is 10.3. The van der Waals surface area contributed by atoms with Crippen molar-refractivity contribution in [3.05, 3.63) is 0 Å². The average molecular weight is 346 g/mol. The molecule has 4 atom stereocenters. The van der Waals surface area contributed by atoms with Gasteiger partial charge in [-0.2, -0.15) is 0 Å². The van der Waals surface area contributed by atoms with Gasteiger partial charge in [-0.1, -0.05) is 13.8 Å². The highest BCUT2D eigenvalue weighted by molar-refractivity contribution is 5.68. The van der Waals surface area contributed by atoms with Gasteiger partial charge >= 0.3 is 12.2 Å². The fourth-order valence-electron chi connectivity index (χ4n) is 1.85. The van der Waals surface area contributed by atoms with Crippen LogP contribution in [0.25, 0.3) is 0 Å². The minimum atomic E-state index is -0.456. The molecule has 4 unspecified atom stereocenters. The van der Waals surface area contributed by atoms with Crippen LogP contribution in [0.1, 0.15) is 54.4 Å². The number of nitrogens with one attached hydrogen (secondary N) is 2. The van der Waals surface area contributed by atoms with Crippen LogP contribution in [0.2, 0.25) is 0 Å². The molecule has 0 saturated heterocycles. The number of amides is 2. The standard InChI is InChI=1S/C16H34N4O4/c1-7-11(3)18-15(21)23-13(5)9-20(17)10-14(6)24-16(22)19-12(4)8-2/h11-14H,7-10,17H2,1-6H3,(H,18,21)(H,19,22). The van der Waals surface area contributed by atoms with Crippen LogP contribution in [0.5, 0.6) is 0 Å². The van der Waals surface area contributed by atoms with E-state index in [4.69, 9.17) is 15.3 Å². The monoisotopic (exact) mass is 346 g/mol. The molecule has 0 aromatic rings. The van der Waals surface area contributed by atoms with Gasteiger partial charge in [0, 0.05) is 12.1 Å². The maximum atomic E-state index is 11.6. The van der Waals surface area contributed by atoms with Gasteiger partial charge in [0.05, 0.1) is 13.1 Å². The third-order valence-electron chi connectivity index (χ3n) is 3.55. The second kappa shape index (κ2) is 11.9. The Morgan fingerprint density at radius 1 is 0.875 bits per heavy atom. The van der Waals surface area contributed by atoms with Crippen LogP contribution in [0.4, 0.5) is 9.59 Å². The average Bonchev–Trinajstić information content (AvgIpc) is 2.45. The first-order chi connectivity index (χ1) is 11.2. The Morgan fingerprint density at radius 3 is 1.50 bits per heavy atom. The summed E-state index contributed by atoms with van der Waals surface area (Å²) in [6.07, 6.45) is 0.00508. The molecule has 0 bridgehead atoms. The summed E-state index contributed by atoms with van der Waals surface area (Å²) in [7, 11) is 0. The van der Waals surface area contributed by atoms with E-state index in [0.29, 0.717) is 13.1 Å². The predicted molar refractivity (Wildman–Crippen MR) is 93.4 cm³/mol. The number of nitrogens with two attached hydrogens (primary N) is 1. The molecule has 0 fully saturated rings. The number of carbonyl (C=O) groups excluding carboxylic acids is 2. The molecular formula is C16H34N4O4. The molecule has 24 heavy (non-hydrogen) atoms. The molecule has 0 rings (SSSR count). The zero-order valence-corrected chi connectivity index (χ0v) is 15.8. The van der Waals surface area contributed by atoms with E-state index in [1.165, 1.54) is 5.01 Å². The van der Waals surface area contributed by atoms with Crippen molar-refractivity contribution in [2.75, 3.05) is 13.1 Å². The van der Waals surface area contributed by atoms with Crippen molar-refractivity contribution >= 4 is 12.2 Å². The van der Waals surface area contributed by atoms with E-state index in [1.54, 1.807) is 13.8 Å². The second-order valence-corrected chi connectivity index (χ2v) is 6.29. The Balaban J connectivity index is 4.07. The zero-order valence-electron chi connectivity index (χ0n) is 15.8. The highest BCUT2D eigenvalue weighted by atomic mass is 16.6. The number of hydrogen-bond acceptors (Lipinski definition) is 6. The fourth-order valence-corrected chi connectivity index (χ4v) is 1.85. The van der Waals surface area contributed by atoms with Gasteiger partial charge < -0.3 is 20.1 Å². The number of alkyl carbamates (subject to hydrolysis) is 2. The molecule has 0 aromatic heterocycles. The molecule has 0 aromatic carbocycles. The maximum Gasteiger partial charge on any atom is 0.407 e. The fraction of sp³-hybridized carbons (Fsp3) is 0.875. The number of hydrogen-bond donors (Lipinski definition) is 3. The van der Waals surface area contributed by atoms with E-state index >= 15 is 0 Å². The molecule has 0 aliphatic carbocycles. The summed E-state index contributed by atoms with van der Waals surface area (Å²) in [4.78, 5) is 23.3. The number of carbonyl (C=O) groups is 2. The first kappa shape index (κ1) is 22.5. The van der Waals surface area contributed by atoms with E-state index < -0.39 is 12.2 Å². The Kier molecular flexibility index (Phi) is 11.1.